The van der Waals surface area contributed by atoms with Crippen LogP contribution in [0, 0.1) is 6.92 Å². The van der Waals surface area contributed by atoms with Gasteiger partial charge in [-0.25, -0.2) is 14.6 Å². The molecule has 0 saturated heterocycles. The average Bonchev–Trinajstić information content (AvgIpc) is 2.53. The first-order valence-electron chi connectivity index (χ1n) is 7.06. The molecule has 0 unspecified atom stereocenters. The van der Waals surface area contributed by atoms with Gasteiger partial charge in [0.1, 0.15) is 11.1 Å². The van der Waals surface area contributed by atoms with Gasteiger partial charge in [0.15, 0.2) is 11.3 Å². The Labute approximate surface area is 129 Å². The molecule has 0 aliphatic carbocycles. The number of hydrogen-bond donors (Lipinski definition) is 0. The van der Waals surface area contributed by atoms with Gasteiger partial charge in [0.05, 0.1) is 0 Å². The van der Waals surface area contributed by atoms with Gasteiger partial charge in [-0.1, -0.05) is 24.3 Å². The van der Waals surface area contributed by atoms with Crippen LogP contribution in [0.1, 0.15) is 5.56 Å². The van der Waals surface area contributed by atoms with Gasteiger partial charge in [-0.3, -0.25) is 0 Å². The molecule has 0 aliphatic heterocycles. The summed E-state index contributed by atoms with van der Waals surface area (Å²) in [6, 6.07) is 13.7. The fourth-order valence-electron chi connectivity index (χ4n) is 2.59. The third-order valence-electron chi connectivity index (χ3n) is 3.65. The molecule has 0 radical (unpaired) electrons. The summed E-state index contributed by atoms with van der Waals surface area (Å²) < 4.78 is 10.5. The highest BCUT2D eigenvalue weighted by atomic mass is 16.4. The Morgan fingerprint density at radius 1 is 0.913 bits per heavy atom. The lowest BCUT2D eigenvalue weighted by Gasteiger charge is -2.05. The van der Waals surface area contributed by atoms with Crippen LogP contribution in [0.15, 0.2) is 67.0 Å². The van der Waals surface area contributed by atoms with E-state index < -0.39 is 11.3 Å². The van der Waals surface area contributed by atoms with Gasteiger partial charge in [-0.15, -0.1) is 0 Å². The highest BCUT2D eigenvalue weighted by Gasteiger charge is 2.15. The zero-order valence-corrected chi connectivity index (χ0v) is 12.2. The second-order valence-electron chi connectivity index (χ2n) is 5.30. The molecule has 2 heterocycles. The molecule has 4 rings (SSSR count). The zero-order chi connectivity index (χ0) is 16.0. The number of para-hydroxylation sites is 2. The summed E-state index contributed by atoms with van der Waals surface area (Å²) in [7, 11) is 0. The molecule has 112 valence electrons. The first-order valence-corrected chi connectivity index (χ1v) is 7.06. The number of hydrogen-bond acceptors (Lipinski definition) is 5. The molecule has 5 heteroatoms. The van der Waals surface area contributed by atoms with Gasteiger partial charge in [0.2, 0.25) is 0 Å². The number of aryl methyl sites for hydroxylation is 1. The van der Waals surface area contributed by atoms with Crippen molar-refractivity contribution in [1.29, 1.82) is 0 Å². The van der Waals surface area contributed by atoms with Crippen molar-refractivity contribution in [1.82, 2.24) is 4.98 Å². The standard InChI is InChI=1S/C18H11NO4/c1-10-6-7-11-12(9-16(20)22-15(11)8-10)17-18(21)23-14-5-3-2-4-13(14)19-17/h2-9H,1H3. The number of fused-ring (bicyclic) bond motifs is 2. The normalized spacial score (nSPS) is 11.2. The Balaban J connectivity index is 2.12. The highest BCUT2D eigenvalue weighted by molar-refractivity contribution is 5.92. The SMILES string of the molecule is Cc1ccc2c(-c3nc4ccccc4oc3=O)cc(=O)oc2c1. The Bertz CT molecular complexity index is 1170. The summed E-state index contributed by atoms with van der Waals surface area (Å²) in [6.07, 6.45) is 0. The summed E-state index contributed by atoms with van der Waals surface area (Å²) in [5, 5.41) is 0.644. The van der Waals surface area contributed by atoms with E-state index in [1.54, 1.807) is 36.4 Å². The van der Waals surface area contributed by atoms with Crippen LogP contribution in [0.5, 0.6) is 0 Å². The average molecular weight is 305 g/mol. The molecule has 0 saturated carbocycles. The minimum atomic E-state index is -0.587. The third kappa shape index (κ3) is 2.23. The Hall–Kier alpha value is -3.21. The van der Waals surface area contributed by atoms with Gasteiger partial charge >= 0.3 is 11.3 Å². The number of benzene rings is 2. The van der Waals surface area contributed by atoms with Crippen molar-refractivity contribution in [2.45, 2.75) is 6.92 Å². The Morgan fingerprint density at radius 3 is 2.61 bits per heavy atom. The Morgan fingerprint density at radius 2 is 1.74 bits per heavy atom. The highest BCUT2D eigenvalue weighted by Crippen LogP contribution is 2.25. The van der Waals surface area contributed by atoms with Crippen LogP contribution in [-0.4, -0.2) is 4.98 Å². The molecule has 0 atom stereocenters. The van der Waals surface area contributed by atoms with E-state index in [1.807, 2.05) is 13.0 Å². The minimum Gasteiger partial charge on any atom is -0.423 e. The van der Waals surface area contributed by atoms with Crippen LogP contribution in [-0.2, 0) is 0 Å². The van der Waals surface area contributed by atoms with Gasteiger partial charge in [-0.2, -0.15) is 0 Å². The third-order valence-corrected chi connectivity index (χ3v) is 3.65. The fourth-order valence-corrected chi connectivity index (χ4v) is 2.59. The second kappa shape index (κ2) is 4.91. The van der Waals surface area contributed by atoms with Gasteiger partial charge in [-0.05, 0) is 30.7 Å². The Kier molecular flexibility index (Phi) is 2.87. The lowest BCUT2D eigenvalue weighted by molar-refractivity contribution is 0.554. The maximum absolute atomic E-state index is 12.3. The summed E-state index contributed by atoms with van der Waals surface area (Å²) in [5.74, 6) is 0. The van der Waals surface area contributed by atoms with Crippen LogP contribution in [0.4, 0.5) is 0 Å². The monoisotopic (exact) mass is 305 g/mol. The molecule has 2 aromatic heterocycles. The number of nitrogens with zero attached hydrogens (tertiary/aromatic N) is 1. The van der Waals surface area contributed by atoms with E-state index in [-0.39, 0.29) is 5.69 Å². The van der Waals surface area contributed by atoms with Crippen LogP contribution in [0.25, 0.3) is 33.3 Å². The van der Waals surface area contributed by atoms with E-state index in [1.165, 1.54) is 6.07 Å². The van der Waals surface area contributed by atoms with Crippen LogP contribution in [0.3, 0.4) is 0 Å². The van der Waals surface area contributed by atoms with E-state index >= 15 is 0 Å². The summed E-state index contributed by atoms with van der Waals surface area (Å²) in [5.41, 5.74) is 1.72. The molecule has 0 fully saturated rings. The molecular formula is C18H11NO4. The van der Waals surface area contributed by atoms with E-state index in [2.05, 4.69) is 4.98 Å². The van der Waals surface area contributed by atoms with Crippen LogP contribution in [0.2, 0.25) is 0 Å². The lowest BCUT2D eigenvalue weighted by atomic mass is 10.1. The smallest absolute Gasteiger partial charge is 0.363 e. The molecule has 0 amide bonds. The molecule has 0 spiro atoms. The van der Waals surface area contributed by atoms with E-state index in [4.69, 9.17) is 8.83 Å². The second-order valence-corrected chi connectivity index (χ2v) is 5.30. The number of aromatic nitrogens is 1. The zero-order valence-electron chi connectivity index (χ0n) is 12.2. The number of rotatable bonds is 1. The van der Waals surface area contributed by atoms with Crippen molar-refractivity contribution < 1.29 is 8.83 Å². The predicted octanol–water partition coefficient (Wildman–Crippen LogP) is 3.27. The van der Waals surface area contributed by atoms with Crippen molar-refractivity contribution in [3.05, 3.63) is 74.9 Å². The van der Waals surface area contributed by atoms with Crippen molar-refractivity contribution in [3.8, 4) is 11.3 Å². The first kappa shape index (κ1) is 13.5. The molecule has 5 nitrogen and oxygen atoms in total. The van der Waals surface area contributed by atoms with Crippen molar-refractivity contribution in [2.24, 2.45) is 0 Å². The lowest BCUT2D eigenvalue weighted by Crippen LogP contribution is -2.08. The quantitative estimate of drug-likeness (QED) is 0.505. The van der Waals surface area contributed by atoms with Crippen molar-refractivity contribution >= 4 is 22.1 Å². The van der Waals surface area contributed by atoms with Crippen LogP contribution >= 0.6 is 0 Å². The summed E-state index contributed by atoms with van der Waals surface area (Å²) >= 11 is 0. The van der Waals surface area contributed by atoms with E-state index in [0.29, 0.717) is 27.6 Å². The maximum Gasteiger partial charge on any atom is 0.363 e. The van der Waals surface area contributed by atoms with E-state index in [0.717, 1.165) is 5.56 Å². The van der Waals surface area contributed by atoms with Gasteiger partial charge < -0.3 is 8.83 Å². The molecule has 2 aromatic carbocycles. The van der Waals surface area contributed by atoms with Gasteiger partial charge in [0, 0.05) is 17.0 Å². The van der Waals surface area contributed by atoms with Crippen LogP contribution < -0.4 is 11.3 Å². The minimum absolute atomic E-state index is 0.102. The molecule has 23 heavy (non-hydrogen) atoms. The molecule has 0 bridgehead atoms. The van der Waals surface area contributed by atoms with Gasteiger partial charge in [0.25, 0.3) is 0 Å². The van der Waals surface area contributed by atoms with E-state index in [9.17, 15) is 9.59 Å². The topological polar surface area (TPSA) is 73.3 Å². The molecule has 0 aliphatic rings. The van der Waals surface area contributed by atoms with Crippen molar-refractivity contribution in [2.75, 3.05) is 0 Å². The molecule has 4 aromatic rings. The summed E-state index contributed by atoms with van der Waals surface area (Å²) in [6.45, 7) is 1.90. The first-order chi connectivity index (χ1) is 11.1. The molecule has 0 N–H and O–H groups in total. The fraction of sp³-hybridized carbons (Fsp3) is 0.0556. The largest absolute Gasteiger partial charge is 0.423 e. The molecular weight excluding hydrogens is 294 g/mol. The predicted molar refractivity (Wildman–Crippen MR) is 86.5 cm³/mol. The summed E-state index contributed by atoms with van der Waals surface area (Å²) in [4.78, 5) is 28.5. The van der Waals surface area contributed by atoms with Crippen molar-refractivity contribution in [3.63, 3.8) is 0 Å². The maximum atomic E-state index is 12.3.